The summed E-state index contributed by atoms with van der Waals surface area (Å²) in [4.78, 5) is 0. The van der Waals surface area contributed by atoms with Crippen LogP contribution in [0, 0.1) is 11.2 Å². The number of benzene rings is 1. The van der Waals surface area contributed by atoms with E-state index in [1.165, 1.54) is 12.1 Å². The van der Waals surface area contributed by atoms with Crippen molar-refractivity contribution in [3.8, 4) is 0 Å². The van der Waals surface area contributed by atoms with Crippen molar-refractivity contribution in [1.82, 2.24) is 15.5 Å². The molecule has 0 saturated heterocycles. The topological polar surface area (TPSA) is 60.9 Å². The monoisotopic (exact) mass is 265 g/mol. The lowest BCUT2D eigenvalue weighted by atomic mass is 9.96. The molecule has 104 valence electrons. The van der Waals surface area contributed by atoms with Crippen molar-refractivity contribution < 1.29 is 9.50 Å². The summed E-state index contributed by atoms with van der Waals surface area (Å²) in [5.41, 5.74) is 1.31. The van der Waals surface area contributed by atoms with Crippen molar-refractivity contribution >= 4 is 10.9 Å². The van der Waals surface area contributed by atoms with Crippen molar-refractivity contribution in [2.24, 2.45) is 5.41 Å². The lowest BCUT2D eigenvalue weighted by molar-refractivity contribution is 0.171. The van der Waals surface area contributed by atoms with Crippen LogP contribution >= 0.6 is 0 Å². The van der Waals surface area contributed by atoms with E-state index in [9.17, 15) is 9.50 Å². The summed E-state index contributed by atoms with van der Waals surface area (Å²) >= 11 is 0. The maximum atomic E-state index is 13.5. The summed E-state index contributed by atoms with van der Waals surface area (Å²) in [5.74, 6) is -0.373. The molecule has 4 nitrogen and oxygen atoms in total. The quantitative estimate of drug-likeness (QED) is 0.795. The number of aliphatic hydroxyl groups is 1. The lowest BCUT2D eigenvalue weighted by Crippen LogP contribution is -2.30. The SMILES string of the molecule is CC(C)(C)CNC[C@H](O)c1cc(F)cc2[nH]ncc12. The van der Waals surface area contributed by atoms with Gasteiger partial charge in [-0.05, 0) is 23.1 Å². The fraction of sp³-hybridized carbons (Fsp3) is 0.500. The summed E-state index contributed by atoms with van der Waals surface area (Å²) in [6.07, 6.45) is 0.857. The highest BCUT2D eigenvalue weighted by Crippen LogP contribution is 2.24. The van der Waals surface area contributed by atoms with E-state index < -0.39 is 6.10 Å². The Morgan fingerprint density at radius 1 is 1.42 bits per heavy atom. The van der Waals surface area contributed by atoms with Crippen LogP contribution in [0.3, 0.4) is 0 Å². The second kappa shape index (κ2) is 5.27. The number of hydrogen-bond donors (Lipinski definition) is 3. The molecule has 0 aliphatic heterocycles. The molecule has 1 aromatic heterocycles. The molecule has 2 aromatic rings. The molecule has 0 aliphatic carbocycles. The Labute approximate surface area is 112 Å². The summed E-state index contributed by atoms with van der Waals surface area (Å²) in [6.45, 7) is 7.52. The van der Waals surface area contributed by atoms with Crippen molar-refractivity contribution in [1.29, 1.82) is 0 Å². The van der Waals surface area contributed by atoms with Gasteiger partial charge in [0.15, 0.2) is 0 Å². The minimum atomic E-state index is -0.752. The van der Waals surface area contributed by atoms with Gasteiger partial charge >= 0.3 is 0 Å². The predicted molar refractivity (Wildman–Crippen MR) is 73.3 cm³/mol. The summed E-state index contributed by atoms with van der Waals surface area (Å²) in [6, 6.07) is 2.74. The Morgan fingerprint density at radius 2 is 2.16 bits per heavy atom. The van der Waals surface area contributed by atoms with Gasteiger partial charge < -0.3 is 10.4 Å². The zero-order valence-corrected chi connectivity index (χ0v) is 11.5. The molecular formula is C14H20FN3O. The van der Waals surface area contributed by atoms with Crippen LogP contribution in [-0.2, 0) is 0 Å². The summed E-state index contributed by atoms with van der Waals surface area (Å²) < 4.78 is 13.5. The molecule has 0 fully saturated rings. The van der Waals surface area contributed by atoms with Gasteiger partial charge in [-0.25, -0.2) is 4.39 Å². The number of hydrogen-bond acceptors (Lipinski definition) is 3. The number of rotatable bonds is 4. The van der Waals surface area contributed by atoms with E-state index in [0.717, 1.165) is 11.9 Å². The van der Waals surface area contributed by atoms with E-state index in [4.69, 9.17) is 0 Å². The van der Waals surface area contributed by atoms with Crippen molar-refractivity contribution in [2.45, 2.75) is 26.9 Å². The number of aromatic amines is 1. The molecule has 1 heterocycles. The molecule has 2 rings (SSSR count). The highest BCUT2D eigenvalue weighted by atomic mass is 19.1. The fourth-order valence-corrected chi connectivity index (χ4v) is 2.01. The Hall–Kier alpha value is -1.46. The summed E-state index contributed by atoms with van der Waals surface area (Å²) in [5, 5.41) is 20.7. The standard InChI is InChI=1S/C14H20FN3O/c1-14(2,3)8-16-7-13(19)10-4-9(15)5-12-11(10)6-17-18-12/h4-6,13,16,19H,7-8H2,1-3H3,(H,17,18)/t13-/m0/s1. The molecule has 0 bridgehead atoms. The van der Waals surface area contributed by atoms with Crippen LogP contribution < -0.4 is 5.32 Å². The minimum absolute atomic E-state index is 0.145. The van der Waals surface area contributed by atoms with Crippen LogP contribution in [0.15, 0.2) is 18.3 Å². The van der Waals surface area contributed by atoms with Crippen LogP contribution in [0.25, 0.3) is 10.9 Å². The Kier molecular flexibility index (Phi) is 3.87. The molecule has 3 N–H and O–H groups in total. The maximum Gasteiger partial charge on any atom is 0.125 e. The largest absolute Gasteiger partial charge is 0.387 e. The zero-order valence-electron chi connectivity index (χ0n) is 11.5. The van der Waals surface area contributed by atoms with Gasteiger partial charge in [0.2, 0.25) is 0 Å². The van der Waals surface area contributed by atoms with Crippen LogP contribution in [0.2, 0.25) is 0 Å². The van der Waals surface area contributed by atoms with Crippen LogP contribution in [0.4, 0.5) is 4.39 Å². The van der Waals surface area contributed by atoms with E-state index >= 15 is 0 Å². The molecule has 0 unspecified atom stereocenters. The Bertz CT molecular complexity index is 559. The molecular weight excluding hydrogens is 245 g/mol. The van der Waals surface area contributed by atoms with Crippen LogP contribution in [-0.4, -0.2) is 28.4 Å². The first-order valence-corrected chi connectivity index (χ1v) is 6.38. The second-order valence-corrected chi connectivity index (χ2v) is 6.03. The molecule has 19 heavy (non-hydrogen) atoms. The van der Waals surface area contributed by atoms with Gasteiger partial charge in [-0.1, -0.05) is 20.8 Å². The van der Waals surface area contributed by atoms with Gasteiger partial charge in [0.25, 0.3) is 0 Å². The third kappa shape index (κ3) is 3.52. The molecule has 5 heteroatoms. The van der Waals surface area contributed by atoms with E-state index in [1.54, 1.807) is 6.20 Å². The van der Waals surface area contributed by atoms with Gasteiger partial charge in [-0.15, -0.1) is 0 Å². The smallest absolute Gasteiger partial charge is 0.125 e. The molecule has 0 amide bonds. The second-order valence-electron chi connectivity index (χ2n) is 6.03. The van der Waals surface area contributed by atoms with Gasteiger partial charge in [-0.2, -0.15) is 5.10 Å². The number of nitrogens with zero attached hydrogens (tertiary/aromatic N) is 1. The van der Waals surface area contributed by atoms with E-state index in [2.05, 4.69) is 36.3 Å². The normalized spacial score (nSPS) is 13.9. The number of halogens is 1. The first kappa shape index (κ1) is 14.0. The van der Waals surface area contributed by atoms with E-state index in [0.29, 0.717) is 17.6 Å². The van der Waals surface area contributed by atoms with Gasteiger partial charge in [0.05, 0.1) is 17.8 Å². The number of fused-ring (bicyclic) bond motifs is 1. The van der Waals surface area contributed by atoms with Crippen molar-refractivity contribution in [2.75, 3.05) is 13.1 Å². The zero-order chi connectivity index (χ0) is 14.0. The third-order valence-electron chi connectivity index (χ3n) is 2.91. The highest BCUT2D eigenvalue weighted by Gasteiger charge is 2.16. The predicted octanol–water partition coefficient (Wildman–Crippen LogP) is 2.37. The van der Waals surface area contributed by atoms with E-state index in [1.807, 2.05) is 0 Å². The molecule has 1 aromatic carbocycles. The minimum Gasteiger partial charge on any atom is -0.387 e. The first-order valence-electron chi connectivity index (χ1n) is 6.38. The fourth-order valence-electron chi connectivity index (χ4n) is 2.01. The van der Waals surface area contributed by atoms with Crippen molar-refractivity contribution in [3.63, 3.8) is 0 Å². The summed E-state index contributed by atoms with van der Waals surface area (Å²) in [7, 11) is 0. The Morgan fingerprint density at radius 3 is 2.84 bits per heavy atom. The molecule has 0 radical (unpaired) electrons. The highest BCUT2D eigenvalue weighted by molar-refractivity contribution is 5.82. The molecule has 0 aliphatic rings. The number of aliphatic hydroxyl groups excluding tert-OH is 1. The van der Waals surface area contributed by atoms with Gasteiger partial charge in [0, 0.05) is 18.5 Å². The molecule has 0 spiro atoms. The number of aromatic nitrogens is 2. The van der Waals surface area contributed by atoms with Crippen LogP contribution in [0.5, 0.6) is 0 Å². The first-order chi connectivity index (χ1) is 8.87. The Balaban J connectivity index is 2.12. The van der Waals surface area contributed by atoms with Gasteiger partial charge in [-0.3, -0.25) is 5.10 Å². The number of nitrogens with one attached hydrogen (secondary N) is 2. The maximum absolute atomic E-state index is 13.5. The number of H-pyrrole nitrogens is 1. The lowest BCUT2D eigenvalue weighted by Gasteiger charge is -2.20. The third-order valence-corrected chi connectivity index (χ3v) is 2.91. The average Bonchev–Trinajstić information content (AvgIpc) is 2.73. The average molecular weight is 265 g/mol. The van der Waals surface area contributed by atoms with Crippen molar-refractivity contribution in [3.05, 3.63) is 29.7 Å². The molecule has 1 atom stereocenters. The van der Waals surface area contributed by atoms with Crippen LogP contribution in [0.1, 0.15) is 32.4 Å². The van der Waals surface area contributed by atoms with Gasteiger partial charge in [0.1, 0.15) is 5.82 Å². The molecule has 0 saturated carbocycles. The van der Waals surface area contributed by atoms with E-state index in [-0.39, 0.29) is 11.2 Å².